The van der Waals surface area contributed by atoms with Gasteiger partial charge in [-0.1, -0.05) is 18.2 Å². The first-order chi connectivity index (χ1) is 9.49. The average molecular weight is 273 g/mol. The molecular formula is C17H22FN2+. The van der Waals surface area contributed by atoms with Crippen molar-refractivity contribution in [2.24, 2.45) is 0 Å². The summed E-state index contributed by atoms with van der Waals surface area (Å²) in [5.74, 6) is -0.222. The Labute approximate surface area is 120 Å². The van der Waals surface area contributed by atoms with Gasteiger partial charge in [-0.25, -0.2) is 8.97 Å². The van der Waals surface area contributed by atoms with E-state index in [1.54, 1.807) is 12.1 Å². The molecule has 2 nitrogen and oxygen atoms in total. The highest BCUT2D eigenvalue weighted by atomic mass is 19.1. The van der Waals surface area contributed by atoms with Gasteiger partial charge in [0.25, 0.3) is 0 Å². The summed E-state index contributed by atoms with van der Waals surface area (Å²) < 4.78 is 15.0. The van der Waals surface area contributed by atoms with E-state index in [0.29, 0.717) is 0 Å². The first kappa shape index (κ1) is 15.9. The third-order valence-corrected chi connectivity index (χ3v) is 2.50. The monoisotopic (exact) mass is 273 g/mol. The lowest BCUT2D eigenvalue weighted by Gasteiger charge is -2.03. The minimum absolute atomic E-state index is 0.222. The summed E-state index contributed by atoms with van der Waals surface area (Å²) in [6.07, 6.45) is 11.9. The van der Waals surface area contributed by atoms with Crippen molar-refractivity contribution in [1.82, 2.24) is 4.90 Å². The number of hydrogen-bond donors (Lipinski definition) is 0. The van der Waals surface area contributed by atoms with E-state index in [9.17, 15) is 4.39 Å². The molecule has 0 radical (unpaired) electrons. The maximum absolute atomic E-state index is 13.0. The van der Waals surface area contributed by atoms with Gasteiger partial charge in [0.05, 0.1) is 0 Å². The first-order valence-corrected chi connectivity index (χ1v) is 6.48. The van der Waals surface area contributed by atoms with Crippen LogP contribution >= 0.6 is 0 Å². The zero-order valence-electron chi connectivity index (χ0n) is 12.5. The molecule has 0 N–H and O–H groups in total. The Morgan fingerprint density at radius 3 is 2.30 bits per heavy atom. The van der Waals surface area contributed by atoms with Gasteiger partial charge >= 0.3 is 0 Å². The normalized spacial score (nSPS) is 12.2. The standard InChI is InChI=1S/C17H22FN2/c1-19(2)13-5-7-15(8-6-14-20(3)4)16-9-11-17(18)12-10-16/h5-14H,1-4H3/q+1. The van der Waals surface area contributed by atoms with E-state index in [-0.39, 0.29) is 5.82 Å². The van der Waals surface area contributed by atoms with Crippen molar-refractivity contribution in [3.63, 3.8) is 0 Å². The molecule has 0 unspecified atom stereocenters. The third-order valence-electron chi connectivity index (χ3n) is 2.50. The summed E-state index contributed by atoms with van der Waals surface area (Å²) in [7, 11) is 7.88. The maximum Gasteiger partial charge on any atom is 0.162 e. The smallest absolute Gasteiger partial charge is 0.162 e. The molecule has 1 aromatic carbocycles. The third kappa shape index (κ3) is 6.14. The second-order valence-electron chi connectivity index (χ2n) is 4.91. The van der Waals surface area contributed by atoms with Crippen LogP contribution in [0.25, 0.3) is 5.57 Å². The van der Waals surface area contributed by atoms with Crippen LogP contribution in [0, 0.1) is 5.82 Å². The first-order valence-electron chi connectivity index (χ1n) is 6.48. The van der Waals surface area contributed by atoms with E-state index in [2.05, 4.69) is 0 Å². The molecule has 106 valence electrons. The quantitative estimate of drug-likeness (QED) is 0.454. The number of rotatable bonds is 5. The van der Waals surface area contributed by atoms with Gasteiger partial charge in [-0.15, -0.1) is 0 Å². The van der Waals surface area contributed by atoms with Crippen molar-refractivity contribution in [1.29, 1.82) is 0 Å². The van der Waals surface area contributed by atoms with Crippen molar-refractivity contribution < 1.29 is 8.97 Å². The lowest BCUT2D eigenvalue weighted by molar-refractivity contribution is -0.458. The van der Waals surface area contributed by atoms with Gasteiger partial charge in [0.15, 0.2) is 6.21 Å². The molecule has 0 aliphatic carbocycles. The van der Waals surface area contributed by atoms with E-state index < -0.39 is 0 Å². The molecular weight excluding hydrogens is 251 g/mol. The van der Waals surface area contributed by atoms with Crippen LogP contribution in [0.4, 0.5) is 4.39 Å². The average Bonchev–Trinajstić information content (AvgIpc) is 2.37. The number of benzene rings is 1. The van der Waals surface area contributed by atoms with Gasteiger partial charge < -0.3 is 4.90 Å². The predicted octanol–water partition coefficient (Wildman–Crippen LogP) is 3.18. The molecule has 0 saturated heterocycles. The van der Waals surface area contributed by atoms with E-state index in [0.717, 1.165) is 11.1 Å². The molecule has 0 bridgehead atoms. The largest absolute Gasteiger partial charge is 0.383 e. The number of allylic oxidation sites excluding steroid dienone is 5. The molecule has 0 saturated carbocycles. The van der Waals surface area contributed by atoms with E-state index in [4.69, 9.17) is 0 Å². The van der Waals surface area contributed by atoms with Crippen LogP contribution in [-0.2, 0) is 0 Å². The summed E-state index contributed by atoms with van der Waals surface area (Å²) in [4.78, 5) is 1.97. The molecule has 1 aromatic rings. The Balaban J connectivity index is 3.03. The summed E-state index contributed by atoms with van der Waals surface area (Å²) in [5, 5.41) is 0. The van der Waals surface area contributed by atoms with Crippen LogP contribution in [0.2, 0.25) is 0 Å². The molecule has 0 aliphatic heterocycles. The lowest BCUT2D eigenvalue weighted by Crippen LogP contribution is -1.99. The highest BCUT2D eigenvalue weighted by Gasteiger charge is 1.97. The van der Waals surface area contributed by atoms with Crippen molar-refractivity contribution in [2.45, 2.75) is 0 Å². The van der Waals surface area contributed by atoms with Gasteiger partial charge in [-0.05, 0) is 41.6 Å². The van der Waals surface area contributed by atoms with Gasteiger partial charge in [0.1, 0.15) is 19.9 Å². The van der Waals surface area contributed by atoms with Crippen molar-refractivity contribution in [3.05, 3.63) is 66.2 Å². The summed E-state index contributed by atoms with van der Waals surface area (Å²) in [6, 6.07) is 6.51. The Hall–Kier alpha value is -2.16. The molecule has 0 spiro atoms. The minimum atomic E-state index is -0.222. The SMILES string of the molecule is CN(C)/C=C/C=C(/C=C/C=[N+](C)C)c1ccc(F)cc1. The van der Waals surface area contributed by atoms with Gasteiger partial charge in [0, 0.05) is 20.2 Å². The molecule has 1 rings (SSSR count). The molecule has 3 heteroatoms. The fourth-order valence-corrected chi connectivity index (χ4v) is 1.53. The lowest BCUT2D eigenvalue weighted by atomic mass is 10.0. The van der Waals surface area contributed by atoms with Crippen LogP contribution in [0.1, 0.15) is 5.56 Å². The Morgan fingerprint density at radius 1 is 1.10 bits per heavy atom. The molecule has 20 heavy (non-hydrogen) atoms. The zero-order valence-corrected chi connectivity index (χ0v) is 12.5. The topological polar surface area (TPSA) is 6.25 Å². The van der Waals surface area contributed by atoms with E-state index in [1.165, 1.54) is 12.1 Å². The van der Waals surface area contributed by atoms with Crippen molar-refractivity contribution in [2.75, 3.05) is 28.2 Å². The Morgan fingerprint density at radius 2 is 1.75 bits per heavy atom. The van der Waals surface area contributed by atoms with Crippen LogP contribution in [0.3, 0.4) is 0 Å². The number of halogens is 1. The van der Waals surface area contributed by atoms with Crippen LogP contribution in [0.15, 0.2) is 54.8 Å². The molecule has 0 aromatic heterocycles. The fourth-order valence-electron chi connectivity index (χ4n) is 1.53. The van der Waals surface area contributed by atoms with Crippen molar-refractivity contribution in [3.8, 4) is 0 Å². The number of nitrogens with zero attached hydrogens (tertiary/aromatic N) is 2. The molecule has 0 fully saturated rings. The highest BCUT2D eigenvalue weighted by molar-refractivity contribution is 5.80. The van der Waals surface area contributed by atoms with Gasteiger partial charge in [-0.3, -0.25) is 0 Å². The summed E-state index contributed by atoms with van der Waals surface area (Å²) in [5.41, 5.74) is 2.01. The second kappa shape index (κ2) is 8.10. The molecule has 0 heterocycles. The zero-order chi connectivity index (χ0) is 15.0. The predicted molar refractivity (Wildman–Crippen MR) is 84.5 cm³/mol. The van der Waals surface area contributed by atoms with Crippen LogP contribution in [0.5, 0.6) is 0 Å². The van der Waals surface area contributed by atoms with Crippen molar-refractivity contribution >= 4 is 11.8 Å². The Kier molecular flexibility index (Phi) is 6.44. The maximum atomic E-state index is 13.0. The summed E-state index contributed by atoms with van der Waals surface area (Å²) in [6.45, 7) is 0. The Bertz CT molecular complexity index is 531. The van der Waals surface area contributed by atoms with Crippen LogP contribution in [-0.4, -0.2) is 43.9 Å². The highest BCUT2D eigenvalue weighted by Crippen LogP contribution is 2.16. The van der Waals surface area contributed by atoms with E-state index >= 15 is 0 Å². The summed E-state index contributed by atoms with van der Waals surface area (Å²) >= 11 is 0. The second-order valence-corrected chi connectivity index (χ2v) is 4.91. The molecule has 0 atom stereocenters. The number of hydrogen-bond acceptors (Lipinski definition) is 1. The fraction of sp³-hybridized carbons (Fsp3) is 0.235. The minimum Gasteiger partial charge on any atom is -0.383 e. The van der Waals surface area contributed by atoms with Crippen LogP contribution < -0.4 is 0 Å². The van der Waals surface area contributed by atoms with Gasteiger partial charge in [0.2, 0.25) is 0 Å². The molecule has 0 aliphatic rings. The molecule has 0 amide bonds. The van der Waals surface area contributed by atoms with Gasteiger partial charge in [-0.2, -0.15) is 0 Å². The van der Waals surface area contributed by atoms with E-state index in [1.807, 2.05) is 74.4 Å².